The molecule has 4 fully saturated rings. The maximum atomic E-state index is 13.4. The standard InChI is InChI=1S/C38H51ClN10O3S/c1-38(41)11-17-49(18-12-38)31-22-43-37(34(40)45-31)53-30-4-2-3-29(33(30)39)44-35(51)25-9-13-47(14-10-25)23-24-7-15-48(16-8-24)27-19-26(20-42-21-27)28-5-6-32(50)46-36(28)52/h2-4,19-22,24-25,28,32,50H,5-18,23,41H2,1H3,(H2,40,45)(H,44,51)(H,46,52). The summed E-state index contributed by atoms with van der Waals surface area (Å²) >= 11 is 8.16. The Hall–Kier alpha value is -3.69. The number of rotatable bonds is 9. The fourth-order valence-corrected chi connectivity index (χ4v) is 9.02. The van der Waals surface area contributed by atoms with Crippen LogP contribution in [0.3, 0.4) is 0 Å². The summed E-state index contributed by atoms with van der Waals surface area (Å²) in [7, 11) is 0. The Bertz CT molecular complexity index is 1770. The van der Waals surface area contributed by atoms with Crippen LogP contribution in [-0.4, -0.2) is 94.4 Å². The second-order valence-corrected chi connectivity index (χ2v) is 16.8. The van der Waals surface area contributed by atoms with Crippen LogP contribution in [0.2, 0.25) is 5.02 Å². The van der Waals surface area contributed by atoms with Gasteiger partial charge in [-0.05, 0) is 101 Å². The number of anilines is 4. The van der Waals surface area contributed by atoms with Crippen LogP contribution in [0.25, 0.3) is 0 Å². The fourth-order valence-electron chi connectivity index (χ4n) is 7.92. The van der Waals surface area contributed by atoms with Gasteiger partial charge in [0.15, 0.2) is 5.82 Å². The molecular weight excluding hydrogens is 712 g/mol. The summed E-state index contributed by atoms with van der Waals surface area (Å²) in [5.74, 6) is 1.20. The van der Waals surface area contributed by atoms with Crippen molar-refractivity contribution in [3.05, 3.63) is 53.4 Å². The number of carbonyl (C=O) groups is 2. The molecule has 4 aliphatic heterocycles. The topological polar surface area (TPSA) is 179 Å². The predicted octanol–water partition coefficient (Wildman–Crippen LogP) is 4.46. The first-order valence-electron chi connectivity index (χ1n) is 18.9. The van der Waals surface area contributed by atoms with Crippen molar-refractivity contribution in [3.63, 3.8) is 0 Å². The van der Waals surface area contributed by atoms with Gasteiger partial charge in [0, 0.05) is 55.3 Å². The molecule has 6 heterocycles. The minimum absolute atomic E-state index is 0.00139. The third kappa shape index (κ3) is 9.17. The van der Waals surface area contributed by atoms with E-state index in [4.69, 9.17) is 23.1 Å². The number of aromatic nitrogens is 3. The number of aliphatic hydroxyl groups excluding tert-OH is 1. The second kappa shape index (κ2) is 16.4. The zero-order chi connectivity index (χ0) is 37.1. The van der Waals surface area contributed by atoms with Crippen molar-refractivity contribution < 1.29 is 14.7 Å². The maximum Gasteiger partial charge on any atom is 0.229 e. The van der Waals surface area contributed by atoms with Crippen molar-refractivity contribution in [2.24, 2.45) is 17.6 Å². The van der Waals surface area contributed by atoms with Gasteiger partial charge in [-0.2, -0.15) is 0 Å². The quantitative estimate of drug-likeness (QED) is 0.207. The van der Waals surface area contributed by atoms with E-state index in [-0.39, 0.29) is 29.2 Å². The summed E-state index contributed by atoms with van der Waals surface area (Å²) in [6.07, 6.45) is 11.4. The Kier molecular flexibility index (Phi) is 11.6. The first kappa shape index (κ1) is 37.6. The van der Waals surface area contributed by atoms with Gasteiger partial charge in [0.05, 0.1) is 34.7 Å². The minimum Gasteiger partial charge on any atom is -0.381 e. The Morgan fingerprint density at radius 2 is 1.79 bits per heavy atom. The smallest absolute Gasteiger partial charge is 0.229 e. The van der Waals surface area contributed by atoms with E-state index in [1.54, 1.807) is 12.4 Å². The molecule has 2 aromatic heterocycles. The fraction of sp³-hybridized carbons (Fsp3) is 0.553. The number of carbonyl (C=O) groups excluding carboxylic acids is 2. The largest absolute Gasteiger partial charge is 0.381 e. The van der Waals surface area contributed by atoms with Crippen LogP contribution in [0.5, 0.6) is 0 Å². The van der Waals surface area contributed by atoms with E-state index in [2.05, 4.69) is 53.3 Å². The zero-order valence-electron chi connectivity index (χ0n) is 30.3. The SMILES string of the molecule is CC1(N)CCN(c2cnc(Sc3cccc(NC(=O)C4CCN(CC5CCN(c6cncc(C7CCC(O)NC7=O)c6)CC5)CC4)c3Cl)c(N)n2)CC1. The molecule has 0 bridgehead atoms. The van der Waals surface area contributed by atoms with Gasteiger partial charge >= 0.3 is 0 Å². The third-order valence-corrected chi connectivity index (χ3v) is 13.0. The van der Waals surface area contributed by atoms with Gasteiger partial charge in [-0.3, -0.25) is 14.6 Å². The van der Waals surface area contributed by atoms with Crippen LogP contribution in [0.1, 0.15) is 69.8 Å². The van der Waals surface area contributed by atoms with Crippen LogP contribution in [0.4, 0.5) is 23.0 Å². The average molecular weight is 763 g/mol. The van der Waals surface area contributed by atoms with Crippen LogP contribution in [-0.2, 0) is 9.59 Å². The van der Waals surface area contributed by atoms with E-state index in [1.807, 2.05) is 24.4 Å². The summed E-state index contributed by atoms with van der Waals surface area (Å²) in [6.45, 7) is 8.42. The molecule has 13 nitrogen and oxygen atoms in total. The number of nitrogens with one attached hydrogen (secondary N) is 2. The molecule has 7 rings (SSSR count). The van der Waals surface area contributed by atoms with Crippen LogP contribution in [0.15, 0.2) is 52.8 Å². The first-order valence-corrected chi connectivity index (χ1v) is 20.0. The van der Waals surface area contributed by atoms with Crippen molar-refractivity contribution in [1.29, 1.82) is 0 Å². The van der Waals surface area contributed by atoms with Crippen molar-refractivity contribution in [2.45, 2.75) is 85.9 Å². The third-order valence-electron chi connectivity index (χ3n) is 11.4. The molecule has 2 amide bonds. The lowest BCUT2D eigenvalue weighted by Crippen LogP contribution is -2.48. The van der Waals surface area contributed by atoms with Crippen molar-refractivity contribution in [3.8, 4) is 0 Å². The molecule has 3 aromatic rings. The number of aliphatic hydroxyl groups is 1. The molecule has 0 spiro atoms. The highest BCUT2D eigenvalue weighted by Gasteiger charge is 2.31. The maximum absolute atomic E-state index is 13.4. The number of amides is 2. The van der Waals surface area contributed by atoms with E-state index in [9.17, 15) is 14.7 Å². The lowest BCUT2D eigenvalue weighted by atomic mass is 9.90. The lowest BCUT2D eigenvalue weighted by Gasteiger charge is -2.38. The number of halogens is 1. The van der Waals surface area contributed by atoms with Crippen LogP contribution < -0.4 is 31.9 Å². The van der Waals surface area contributed by atoms with E-state index >= 15 is 0 Å². The van der Waals surface area contributed by atoms with Crippen molar-refractivity contribution in [1.82, 2.24) is 25.2 Å². The number of piperidine rings is 4. The number of hydrogen-bond donors (Lipinski definition) is 5. The van der Waals surface area contributed by atoms with Gasteiger partial charge in [0.1, 0.15) is 17.1 Å². The van der Waals surface area contributed by atoms with E-state index in [0.29, 0.717) is 40.3 Å². The van der Waals surface area contributed by atoms with E-state index < -0.39 is 6.23 Å². The Labute approximate surface area is 320 Å². The van der Waals surface area contributed by atoms with Gasteiger partial charge in [0.2, 0.25) is 11.8 Å². The molecule has 2 unspecified atom stereocenters. The molecule has 53 heavy (non-hydrogen) atoms. The summed E-state index contributed by atoms with van der Waals surface area (Å²) in [6, 6.07) is 7.69. The van der Waals surface area contributed by atoms with Crippen LogP contribution in [0, 0.1) is 11.8 Å². The van der Waals surface area contributed by atoms with Gasteiger partial charge in [-0.1, -0.05) is 29.4 Å². The van der Waals surface area contributed by atoms with Gasteiger partial charge < -0.3 is 41.9 Å². The lowest BCUT2D eigenvalue weighted by molar-refractivity contribution is -0.128. The first-order chi connectivity index (χ1) is 25.5. The zero-order valence-corrected chi connectivity index (χ0v) is 31.9. The minimum atomic E-state index is -0.758. The van der Waals surface area contributed by atoms with Gasteiger partial charge in [0.25, 0.3) is 0 Å². The molecule has 2 atom stereocenters. The summed E-state index contributed by atoms with van der Waals surface area (Å²) in [4.78, 5) is 47.3. The highest BCUT2D eigenvalue weighted by atomic mass is 35.5. The van der Waals surface area contributed by atoms with Gasteiger partial charge in [-0.25, -0.2) is 9.97 Å². The number of pyridine rings is 1. The van der Waals surface area contributed by atoms with E-state index in [1.165, 1.54) is 11.8 Å². The number of hydrogen-bond acceptors (Lipinski definition) is 12. The van der Waals surface area contributed by atoms with Gasteiger partial charge in [-0.15, -0.1) is 0 Å². The highest BCUT2D eigenvalue weighted by Crippen LogP contribution is 2.39. The molecule has 4 aliphatic rings. The molecule has 0 radical (unpaired) electrons. The molecule has 15 heteroatoms. The number of nitrogen functional groups attached to an aromatic ring is 1. The van der Waals surface area contributed by atoms with Crippen molar-refractivity contribution in [2.75, 3.05) is 66.7 Å². The normalized spacial score (nSPS) is 23.1. The molecule has 7 N–H and O–H groups in total. The molecule has 0 saturated carbocycles. The monoisotopic (exact) mass is 762 g/mol. The van der Waals surface area contributed by atoms with E-state index in [0.717, 1.165) is 106 Å². The van der Waals surface area contributed by atoms with Crippen molar-refractivity contribution >= 4 is 58.2 Å². The Balaban J connectivity index is 0.861. The number of nitrogens with zero attached hydrogens (tertiary/aromatic N) is 6. The number of benzene rings is 1. The molecule has 1 aromatic carbocycles. The summed E-state index contributed by atoms with van der Waals surface area (Å²) in [5.41, 5.74) is 15.0. The molecule has 4 saturated heterocycles. The Morgan fingerprint density at radius 3 is 2.51 bits per heavy atom. The molecular formula is C38H51ClN10O3S. The summed E-state index contributed by atoms with van der Waals surface area (Å²) in [5, 5.41) is 16.5. The van der Waals surface area contributed by atoms with Crippen LogP contribution >= 0.6 is 23.4 Å². The number of nitrogens with two attached hydrogens (primary N) is 2. The Morgan fingerprint density at radius 1 is 1.04 bits per heavy atom. The number of likely N-dealkylation sites (tertiary alicyclic amines) is 1. The molecule has 0 aliphatic carbocycles. The summed E-state index contributed by atoms with van der Waals surface area (Å²) < 4.78 is 0. The highest BCUT2D eigenvalue weighted by molar-refractivity contribution is 7.99. The average Bonchev–Trinajstić information content (AvgIpc) is 3.14. The second-order valence-electron chi connectivity index (χ2n) is 15.4. The molecule has 284 valence electrons. The predicted molar refractivity (Wildman–Crippen MR) is 209 cm³/mol.